The van der Waals surface area contributed by atoms with Crippen LogP contribution in [0.4, 0.5) is 56.9 Å². The maximum absolute atomic E-state index is 10.9. The topological polar surface area (TPSA) is 112 Å². The number of hydrogen-bond acceptors (Lipinski definition) is 10. The van der Waals surface area contributed by atoms with Gasteiger partial charge >= 0.3 is 0 Å². The van der Waals surface area contributed by atoms with E-state index in [2.05, 4.69) is 189 Å². The summed E-state index contributed by atoms with van der Waals surface area (Å²) in [5.41, 5.74) is 12.8. The van der Waals surface area contributed by atoms with E-state index in [0.29, 0.717) is 29.5 Å². The van der Waals surface area contributed by atoms with Crippen LogP contribution in [0.15, 0.2) is 303 Å². The van der Waals surface area contributed by atoms with Crippen molar-refractivity contribution in [2.24, 2.45) is 0 Å². The third-order valence-corrected chi connectivity index (χ3v) is 19.3. The Bertz CT molecular complexity index is 4520. The Kier molecular flexibility index (Phi) is 19.2. The predicted octanol–water partition coefficient (Wildman–Crippen LogP) is 23.3. The van der Waals surface area contributed by atoms with Crippen LogP contribution >= 0.6 is 0 Å². The van der Waals surface area contributed by atoms with E-state index in [9.17, 15) is 20.4 Å². The highest BCUT2D eigenvalue weighted by Crippen LogP contribution is 2.52. The molecule has 482 valence electrons. The minimum absolute atomic E-state index is 0.161. The van der Waals surface area contributed by atoms with Gasteiger partial charge in [0.15, 0.2) is 0 Å². The molecule has 0 atom stereocenters. The number of phenolic OH excluding ortho intramolecular Hbond substituents is 4. The predicted molar refractivity (Wildman–Crippen MR) is 393 cm³/mol. The van der Waals surface area contributed by atoms with Crippen molar-refractivity contribution in [3.63, 3.8) is 0 Å². The van der Waals surface area contributed by atoms with Crippen LogP contribution in [0.3, 0.4) is 0 Å². The Morgan fingerprint density at radius 1 is 0.292 bits per heavy atom. The van der Waals surface area contributed by atoms with Gasteiger partial charge in [-0.3, -0.25) is 0 Å². The smallest absolute Gasteiger partial charge is 0.129 e. The van der Waals surface area contributed by atoms with E-state index >= 15 is 0 Å². The molecule has 0 fully saturated rings. The van der Waals surface area contributed by atoms with Crippen molar-refractivity contribution in [1.82, 2.24) is 0 Å². The number of aromatic hydroxyl groups is 4. The van der Waals surface area contributed by atoms with Gasteiger partial charge in [-0.2, -0.15) is 0 Å². The van der Waals surface area contributed by atoms with E-state index < -0.39 is 5.54 Å². The average Bonchev–Trinajstić information content (AvgIpc) is 0.708. The molecule has 10 nitrogen and oxygen atoms in total. The third-order valence-electron chi connectivity index (χ3n) is 19.3. The zero-order chi connectivity index (χ0) is 66.8. The molecule has 12 aromatic carbocycles. The van der Waals surface area contributed by atoms with E-state index in [-0.39, 0.29) is 33.8 Å². The van der Waals surface area contributed by atoms with Gasteiger partial charge in [-0.1, -0.05) is 151 Å². The zero-order valence-corrected chi connectivity index (χ0v) is 55.3. The largest absolute Gasteiger partial charge is 0.508 e. The van der Waals surface area contributed by atoms with Gasteiger partial charge in [0.2, 0.25) is 0 Å². The molecule has 12 rings (SSSR count). The number of nitrogens with zero attached hydrogens (tertiary/aromatic N) is 4. The summed E-state index contributed by atoms with van der Waals surface area (Å²) in [6.45, 7) is 14.3. The summed E-state index contributed by atoms with van der Waals surface area (Å²) in [7, 11) is 0. The van der Waals surface area contributed by atoms with Gasteiger partial charge in [-0.05, 0) is 223 Å². The second-order valence-corrected chi connectivity index (χ2v) is 25.0. The quantitative estimate of drug-likeness (QED) is 0.0441. The van der Waals surface area contributed by atoms with Crippen molar-refractivity contribution in [2.45, 2.75) is 90.1 Å². The molecule has 0 unspecified atom stereocenters. The van der Waals surface area contributed by atoms with Gasteiger partial charge < -0.3 is 49.5 Å². The van der Waals surface area contributed by atoms with Crippen molar-refractivity contribution in [2.75, 3.05) is 19.6 Å². The fourth-order valence-corrected chi connectivity index (χ4v) is 14.2. The first-order chi connectivity index (χ1) is 46.7. The molecule has 0 saturated heterocycles. The Hall–Kier alpha value is -11.4. The van der Waals surface area contributed by atoms with Crippen LogP contribution in [0.25, 0.3) is 0 Å². The van der Waals surface area contributed by atoms with Crippen LogP contribution in [0, 0.1) is 0 Å². The summed E-state index contributed by atoms with van der Waals surface area (Å²) in [5.74, 6) is 3.49. The number of hydrogen-bond donors (Lipinski definition) is 4. The van der Waals surface area contributed by atoms with E-state index in [0.717, 1.165) is 93.7 Å². The molecule has 0 aromatic heterocycles. The fourth-order valence-electron chi connectivity index (χ4n) is 14.2. The first kappa shape index (κ1) is 64.7. The highest BCUT2D eigenvalue weighted by atomic mass is 16.5. The third kappa shape index (κ3) is 13.5. The van der Waals surface area contributed by atoms with E-state index in [1.807, 2.05) is 127 Å². The maximum Gasteiger partial charge on any atom is 0.129 e. The maximum atomic E-state index is 10.9. The molecule has 0 spiro atoms. The first-order valence-electron chi connectivity index (χ1n) is 33.1. The van der Waals surface area contributed by atoms with Crippen LogP contribution < -0.4 is 29.1 Å². The molecule has 0 bridgehead atoms. The van der Waals surface area contributed by atoms with Crippen LogP contribution in [0.1, 0.15) is 89.5 Å². The van der Waals surface area contributed by atoms with Crippen LogP contribution in [0.2, 0.25) is 0 Å². The summed E-state index contributed by atoms with van der Waals surface area (Å²) in [5, 5.41) is 42.2. The second kappa shape index (κ2) is 28.5. The van der Waals surface area contributed by atoms with E-state index in [4.69, 9.17) is 9.47 Å². The summed E-state index contributed by atoms with van der Waals surface area (Å²) >= 11 is 0. The van der Waals surface area contributed by atoms with Gasteiger partial charge in [-0.25, -0.2) is 0 Å². The molecule has 0 aliphatic rings. The van der Waals surface area contributed by atoms with Crippen molar-refractivity contribution in [3.8, 4) is 46.0 Å². The number of rotatable bonds is 25. The van der Waals surface area contributed by atoms with Crippen molar-refractivity contribution >= 4 is 56.9 Å². The number of ether oxygens (including phenoxy) is 2. The molecule has 0 aliphatic carbocycles. The second-order valence-electron chi connectivity index (χ2n) is 25.0. The lowest BCUT2D eigenvalue weighted by molar-refractivity contribution is 0.231. The normalized spacial score (nSPS) is 11.6. The number of phenols is 4. The molecule has 12 aromatic rings. The molecule has 10 heteroatoms. The molecule has 4 N–H and O–H groups in total. The standard InChI is InChI=1S/C86H82N4O6/c1-7-85(8-2,84(5,6)63-36-42-68(43-37-63)88(67-25-15-12-16-26-67)70-46-52-80(53-47-70)95-82-34-20-27-72(59-82)87(66-23-13-11-14-24-66)61-62-22-17-31-77(92)56-62)64-38-44-69(45-39-64)89(73-28-18-32-78(93)57-73)74-29-21-35-83(60-74)96-81-54-48-71(49-55-81)90(75-30-19-33-79(94)58-75)86(9-3,10-4)65-40-50-76(91)51-41-65/h11-60,91-94H,7-10,61H2,1-6H3. The summed E-state index contributed by atoms with van der Waals surface area (Å²) in [6.07, 6.45) is 3.31. The minimum Gasteiger partial charge on any atom is -0.508 e. The monoisotopic (exact) mass is 1270 g/mol. The van der Waals surface area contributed by atoms with Crippen LogP contribution in [0.5, 0.6) is 46.0 Å². The minimum atomic E-state index is -0.507. The molecule has 0 amide bonds. The Morgan fingerprint density at radius 3 is 1.21 bits per heavy atom. The van der Waals surface area contributed by atoms with Crippen molar-refractivity contribution < 1.29 is 29.9 Å². The van der Waals surface area contributed by atoms with Crippen LogP contribution in [-0.4, -0.2) is 20.4 Å². The highest BCUT2D eigenvalue weighted by Gasteiger charge is 2.45. The van der Waals surface area contributed by atoms with Crippen molar-refractivity contribution in [1.29, 1.82) is 0 Å². The summed E-state index contributed by atoms with van der Waals surface area (Å²) in [6, 6.07) is 101. The number of para-hydroxylation sites is 2. The van der Waals surface area contributed by atoms with Gasteiger partial charge in [0.1, 0.15) is 46.0 Å². The van der Waals surface area contributed by atoms with Gasteiger partial charge in [-0.15, -0.1) is 0 Å². The number of anilines is 10. The lowest BCUT2D eigenvalue weighted by Gasteiger charge is -2.47. The van der Waals surface area contributed by atoms with Gasteiger partial charge in [0.05, 0.1) is 5.54 Å². The first-order valence-corrected chi connectivity index (χ1v) is 33.1. The Morgan fingerprint density at radius 2 is 0.688 bits per heavy atom. The molecule has 0 radical (unpaired) electrons. The summed E-state index contributed by atoms with van der Waals surface area (Å²) in [4.78, 5) is 8.92. The van der Waals surface area contributed by atoms with E-state index in [1.165, 1.54) is 11.1 Å². The molecular formula is C86H82N4O6. The zero-order valence-electron chi connectivity index (χ0n) is 55.3. The molecule has 0 heterocycles. The molecule has 0 saturated carbocycles. The molecular weight excluding hydrogens is 1180 g/mol. The highest BCUT2D eigenvalue weighted by molar-refractivity contribution is 5.80. The lowest BCUT2D eigenvalue weighted by atomic mass is 9.56. The lowest BCUT2D eigenvalue weighted by Crippen LogP contribution is -2.44. The molecule has 96 heavy (non-hydrogen) atoms. The Balaban J connectivity index is 0.789. The Labute approximate surface area is 565 Å². The van der Waals surface area contributed by atoms with Crippen LogP contribution in [-0.2, 0) is 22.9 Å². The SMILES string of the molecule is CCC(CC)(c1ccc(O)cc1)N(c1ccc(Oc2cccc(N(c3ccc(C(CC)(CC)C(C)(C)c4ccc(N(c5ccccc5)c5ccc(Oc6cccc(N(Cc7cccc(O)c7)c7ccccc7)c6)cc5)cc4)cc3)c3cccc(O)c3)c2)cc1)c1cccc(O)c1. The van der Waals surface area contributed by atoms with Gasteiger partial charge in [0, 0.05) is 93.1 Å². The summed E-state index contributed by atoms with van der Waals surface area (Å²) < 4.78 is 13.3. The average molecular weight is 1270 g/mol. The molecule has 0 aliphatic heterocycles. The van der Waals surface area contributed by atoms with E-state index in [1.54, 1.807) is 48.5 Å². The fraction of sp³-hybridized carbons (Fsp3) is 0.163. The van der Waals surface area contributed by atoms with Gasteiger partial charge in [0.25, 0.3) is 0 Å². The van der Waals surface area contributed by atoms with Crippen molar-refractivity contribution in [3.05, 3.63) is 326 Å². The number of benzene rings is 12.